The Kier molecular flexibility index (Phi) is 4.51. The van der Waals surface area contributed by atoms with Crippen LogP contribution in [0.3, 0.4) is 0 Å². The van der Waals surface area contributed by atoms with E-state index >= 15 is 0 Å². The van der Waals surface area contributed by atoms with Crippen molar-refractivity contribution in [1.29, 1.82) is 5.26 Å². The lowest BCUT2D eigenvalue weighted by Gasteiger charge is -2.30. The van der Waals surface area contributed by atoms with E-state index in [2.05, 4.69) is 43.6 Å². The highest BCUT2D eigenvalue weighted by atomic mass is 15.2. The van der Waals surface area contributed by atoms with Gasteiger partial charge in [-0.25, -0.2) is 4.98 Å². The van der Waals surface area contributed by atoms with E-state index in [-0.39, 0.29) is 0 Å². The smallest absolute Gasteiger partial charge is 0.147 e. The molecule has 0 spiro atoms. The highest BCUT2D eigenvalue weighted by Crippen LogP contribution is 2.21. The third-order valence-electron chi connectivity index (χ3n) is 2.59. The SMILES string of the molecule is Cc1ccc(C#N)c(N(CC(C)C)C(C)C)n1. The van der Waals surface area contributed by atoms with Crippen molar-refractivity contribution < 1.29 is 0 Å². The molecule has 0 atom stereocenters. The summed E-state index contributed by atoms with van der Waals surface area (Å²) in [6, 6.07) is 6.31. The van der Waals surface area contributed by atoms with Gasteiger partial charge in [0.1, 0.15) is 11.9 Å². The second-order valence-electron chi connectivity index (χ2n) is 5.08. The first kappa shape index (κ1) is 13.5. The molecule has 92 valence electrons. The summed E-state index contributed by atoms with van der Waals surface area (Å²) < 4.78 is 0. The van der Waals surface area contributed by atoms with Gasteiger partial charge in [-0.2, -0.15) is 5.26 Å². The molecule has 0 saturated heterocycles. The summed E-state index contributed by atoms with van der Waals surface area (Å²) in [6.07, 6.45) is 0. The van der Waals surface area contributed by atoms with Gasteiger partial charge in [-0.05, 0) is 38.8 Å². The molecule has 0 radical (unpaired) electrons. The van der Waals surface area contributed by atoms with Crippen LogP contribution in [0.1, 0.15) is 39.0 Å². The molecule has 1 aromatic rings. The minimum absolute atomic E-state index is 0.346. The maximum absolute atomic E-state index is 9.16. The van der Waals surface area contributed by atoms with E-state index in [1.807, 2.05) is 19.1 Å². The lowest BCUT2D eigenvalue weighted by Crippen LogP contribution is -2.35. The van der Waals surface area contributed by atoms with Gasteiger partial charge in [-0.15, -0.1) is 0 Å². The second kappa shape index (κ2) is 5.67. The number of nitrogens with zero attached hydrogens (tertiary/aromatic N) is 3. The van der Waals surface area contributed by atoms with Crippen molar-refractivity contribution in [3.63, 3.8) is 0 Å². The maximum Gasteiger partial charge on any atom is 0.147 e. The fourth-order valence-corrected chi connectivity index (χ4v) is 1.78. The van der Waals surface area contributed by atoms with Crippen molar-refractivity contribution in [2.45, 2.75) is 40.7 Å². The lowest BCUT2D eigenvalue weighted by atomic mass is 10.1. The maximum atomic E-state index is 9.16. The fraction of sp³-hybridized carbons (Fsp3) is 0.571. The molecular formula is C14H21N3. The van der Waals surface area contributed by atoms with E-state index < -0.39 is 0 Å². The molecule has 0 aliphatic rings. The first-order valence-electron chi connectivity index (χ1n) is 6.10. The topological polar surface area (TPSA) is 39.9 Å². The van der Waals surface area contributed by atoms with E-state index in [0.717, 1.165) is 18.1 Å². The Balaban J connectivity index is 3.17. The fourth-order valence-electron chi connectivity index (χ4n) is 1.78. The molecule has 3 heteroatoms. The van der Waals surface area contributed by atoms with E-state index in [0.29, 0.717) is 17.5 Å². The Hall–Kier alpha value is -1.56. The first-order valence-corrected chi connectivity index (χ1v) is 6.10. The van der Waals surface area contributed by atoms with Gasteiger partial charge in [0, 0.05) is 18.3 Å². The van der Waals surface area contributed by atoms with Crippen molar-refractivity contribution >= 4 is 5.82 Å². The lowest BCUT2D eigenvalue weighted by molar-refractivity contribution is 0.565. The van der Waals surface area contributed by atoms with Crippen LogP contribution in [0, 0.1) is 24.2 Å². The molecule has 0 aliphatic carbocycles. The third kappa shape index (κ3) is 3.45. The molecule has 0 N–H and O–H groups in total. The van der Waals surface area contributed by atoms with E-state index in [1.165, 1.54) is 0 Å². The van der Waals surface area contributed by atoms with Crippen LogP contribution < -0.4 is 4.90 Å². The van der Waals surface area contributed by atoms with Gasteiger partial charge in [0.15, 0.2) is 0 Å². The molecular weight excluding hydrogens is 210 g/mol. The van der Waals surface area contributed by atoms with Crippen LogP contribution in [-0.4, -0.2) is 17.6 Å². The van der Waals surface area contributed by atoms with Gasteiger partial charge in [-0.1, -0.05) is 13.8 Å². The summed E-state index contributed by atoms with van der Waals surface area (Å²) in [5, 5.41) is 9.16. The van der Waals surface area contributed by atoms with E-state index in [9.17, 15) is 0 Å². The predicted octanol–water partition coefficient (Wildman–Crippen LogP) is 3.13. The Bertz CT molecular complexity index is 416. The van der Waals surface area contributed by atoms with Crippen LogP contribution in [0.15, 0.2) is 12.1 Å². The second-order valence-corrected chi connectivity index (χ2v) is 5.08. The van der Waals surface area contributed by atoms with Crippen molar-refractivity contribution in [3.05, 3.63) is 23.4 Å². The molecule has 0 aromatic carbocycles. The molecule has 1 aromatic heterocycles. The van der Waals surface area contributed by atoms with Crippen molar-refractivity contribution in [2.24, 2.45) is 5.92 Å². The van der Waals surface area contributed by atoms with Gasteiger partial charge >= 0.3 is 0 Å². The quantitative estimate of drug-likeness (QED) is 0.799. The van der Waals surface area contributed by atoms with Gasteiger partial charge in [0.2, 0.25) is 0 Å². The Morgan fingerprint density at radius 1 is 1.29 bits per heavy atom. The normalized spacial score (nSPS) is 10.7. The number of hydrogen-bond acceptors (Lipinski definition) is 3. The number of aromatic nitrogens is 1. The molecule has 0 amide bonds. The summed E-state index contributed by atoms with van der Waals surface area (Å²) in [5.41, 5.74) is 1.61. The first-order chi connectivity index (χ1) is 7.95. The molecule has 0 fully saturated rings. The van der Waals surface area contributed by atoms with Crippen LogP contribution in [-0.2, 0) is 0 Å². The van der Waals surface area contributed by atoms with Crippen molar-refractivity contribution in [3.8, 4) is 6.07 Å². The monoisotopic (exact) mass is 231 g/mol. The Morgan fingerprint density at radius 2 is 1.94 bits per heavy atom. The number of pyridine rings is 1. The molecule has 1 rings (SSSR count). The molecule has 17 heavy (non-hydrogen) atoms. The van der Waals surface area contributed by atoms with Gasteiger partial charge < -0.3 is 4.90 Å². The average molecular weight is 231 g/mol. The Labute approximate surface area is 104 Å². The van der Waals surface area contributed by atoms with Gasteiger partial charge in [0.25, 0.3) is 0 Å². The third-order valence-corrected chi connectivity index (χ3v) is 2.59. The number of hydrogen-bond donors (Lipinski definition) is 0. The molecule has 3 nitrogen and oxygen atoms in total. The molecule has 0 aliphatic heterocycles. The van der Waals surface area contributed by atoms with Crippen LogP contribution in [0.25, 0.3) is 0 Å². The zero-order valence-electron chi connectivity index (χ0n) is 11.4. The minimum atomic E-state index is 0.346. The Morgan fingerprint density at radius 3 is 2.41 bits per heavy atom. The van der Waals surface area contributed by atoms with E-state index in [4.69, 9.17) is 5.26 Å². The zero-order chi connectivity index (χ0) is 13.0. The number of anilines is 1. The highest BCUT2D eigenvalue weighted by Gasteiger charge is 2.17. The summed E-state index contributed by atoms with van der Waals surface area (Å²) in [5.74, 6) is 1.36. The standard InChI is InChI=1S/C14H21N3/c1-10(2)9-17(11(3)4)14-13(8-15)7-6-12(5)16-14/h6-7,10-11H,9H2,1-5H3. The summed E-state index contributed by atoms with van der Waals surface area (Å²) in [6.45, 7) is 11.5. The van der Waals surface area contributed by atoms with Gasteiger partial charge in [-0.3, -0.25) is 0 Å². The minimum Gasteiger partial charge on any atom is -0.353 e. The number of aryl methyl sites for hydroxylation is 1. The predicted molar refractivity (Wildman–Crippen MR) is 71.0 cm³/mol. The van der Waals surface area contributed by atoms with Gasteiger partial charge in [0.05, 0.1) is 5.56 Å². The highest BCUT2D eigenvalue weighted by molar-refractivity contribution is 5.54. The average Bonchev–Trinajstić information content (AvgIpc) is 2.25. The summed E-state index contributed by atoms with van der Waals surface area (Å²) in [4.78, 5) is 6.73. The molecule has 0 unspecified atom stereocenters. The van der Waals surface area contributed by atoms with Crippen molar-refractivity contribution in [1.82, 2.24) is 4.98 Å². The van der Waals surface area contributed by atoms with Crippen molar-refractivity contribution in [2.75, 3.05) is 11.4 Å². The van der Waals surface area contributed by atoms with Crippen LogP contribution in [0.5, 0.6) is 0 Å². The molecule has 0 saturated carbocycles. The van der Waals surface area contributed by atoms with Crippen LogP contribution in [0.2, 0.25) is 0 Å². The van der Waals surface area contributed by atoms with Crippen LogP contribution in [0.4, 0.5) is 5.82 Å². The number of rotatable bonds is 4. The summed E-state index contributed by atoms with van der Waals surface area (Å²) in [7, 11) is 0. The summed E-state index contributed by atoms with van der Waals surface area (Å²) >= 11 is 0. The molecule has 0 bridgehead atoms. The molecule has 1 heterocycles. The number of nitriles is 1. The van der Waals surface area contributed by atoms with E-state index in [1.54, 1.807) is 0 Å². The largest absolute Gasteiger partial charge is 0.353 e. The van der Waals surface area contributed by atoms with Crippen LogP contribution >= 0.6 is 0 Å². The zero-order valence-corrected chi connectivity index (χ0v) is 11.4.